The van der Waals surface area contributed by atoms with E-state index in [1.807, 2.05) is 13.0 Å². The maximum absolute atomic E-state index is 13.1. The Morgan fingerprint density at radius 2 is 2.17 bits per heavy atom. The second-order valence-corrected chi connectivity index (χ2v) is 2.71. The monoisotopic (exact) mass is 164 g/mol. The van der Waals surface area contributed by atoms with Gasteiger partial charge < -0.3 is 4.42 Å². The van der Waals surface area contributed by atoms with E-state index in [1.54, 1.807) is 6.07 Å². The molecule has 0 aliphatic rings. The van der Waals surface area contributed by atoms with E-state index in [0.29, 0.717) is 5.39 Å². The predicted octanol–water partition coefficient (Wildman–Crippen LogP) is 3.13. The normalized spacial score (nSPS) is 10.8. The van der Waals surface area contributed by atoms with Gasteiger partial charge in [-0.15, -0.1) is 0 Å². The van der Waals surface area contributed by atoms with Crippen molar-refractivity contribution in [1.29, 1.82) is 0 Å². The summed E-state index contributed by atoms with van der Waals surface area (Å²) in [6.45, 7) is 1.99. The number of furan rings is 1. The molecular formula is C10H9FO. The predicted molar refractivity (Wildman–Crippen MR) is 45.6 cm³/mol. The van der Waals surface area contributed by atoms with Crippen molar-refractivity contribution in [2.75, 3.05) is 0 Å². The van der Waals surface area contributed by atoms with Crippen molar-refractivity contribution in [3.63, 3.8) is 0 Å². The smallest absolute Gasteiger partial charge is 0.134 e. The molecule has 0 aliphatic heterocycles. The van der Waals surface area contributed by atoms with Gasteiger partial charge in [-0.3, -0.25) is 0 Å². The number of benzene rings is 1. The summed E-state index contributed by atoms with van der Waals surface area (Å²) in [6, 6.07) is 5.02. The van der Waals surface area contributed by atoms with E-state index in [0.717, 1.165) is 17.6 Å². The van der Waals surface area contributed by atoms with Gasteiger partial charge in [-0.25, -0.2) is 4.39 Å². The van der Waals surface area contributed by atoms with Gasteiger partial charge in [0.15, 0.2) is 0 Å². The lowest BCUT2D eigenvalue weighted by atomic mass is 10.1. The van der Waals surface area contributed by atoms with Gasteiger partial charge >= 0.3 is 0 Å². The van der Waals surface area contributed by atoms with E-state index >= 15 is 0 Å². The molecule has 0 fully saturated rings. The minimum absolute atomic E-state index is 0.212. The molecule has 0 saturated heterocycles. The Morgan fingerprint density at radius 3 is 2.92 bits per heavy atom. The Labute approximate surface area is 69.8 Å². The lowest BCUT2D eigenvalue weighted by Crippen LogP contribution is -1.76. The van der Waals surface area contributed by atoms with Crippen molar-refractivity contribution in [2.45, 2.75) is 13.3 Å². The summed E-state index contributed by atoms with van der Waals surface area (Å²) in [5.41, 5.74) is 0. The van der Waals surface area contributed by atoms with Crippen LogP contribution in [0.3, 0.4) is 0 Å². The molecule has 0 radical (unpaired) electrons. The Balaban J connectivity index is 2.80. The first-order valence-corrected chi connectivity index (χ1v) is 3.97. The van der Waals surface area contributed by atoms with Crippen LogP contribution in [0, 0.1) is 5.82 Å². The summed E-state index contributed by atoms with van der Waals surface area (Å²) in [5, 5.41) is 1.46. The largest absolute Gasteiger partial charge is 0.468 e. The van der Waals surface area contributed by atoms with Crippen molar-refractivity contribution < 1.29 is 8.81 Å². The zero-order valence-electron chi connectivity index (χ0n) is 6.80. The second kappa shape index (κ2) is 2.63. The van der Waals surface area contributed by atoms with Crippen LogP contribution in [0.1, 0.15) is 12.7 Å². The third kappa shape index (κ3) is 0.916. The zero-order valence-corrected chi connectivity index (χ0v) is 6.80. The van der Waals surface area contributed by atoms with Crippen molar-refractivity contribution in [2.24, 2.45) is 0 Å². The molecule has 2 rings (SSSR count). The van der Waals surface area contributed by atoms with E-state index in [-0.39, 0.29) is 5.82 Å². The summed E-state index contributed by atoms with van der Waals surface area (Å²) in [6.07, 6.45) is 2.27. The molecule has 0 amide bonds. The van der Waals surface area contributed by atoms with Gasteiger partial charge in [-0.1, -0.05) is 19.1 Å². The molecule has 0 spiro atoms. The summed E-state index contributed by atoms with van der Waals surface area (Å²) in [7, 11) is 0. The fraction of sp³-hybridized carbons (Fsp3) is 0.200. The molecule has 2 heteroatoms. The summed E-state index contributed by atoms with van der Waals surface area (Å²) < 4.78 is 18.3. The zero-order chi connectivity index (χ0) is 8.55. The molecule has 0 bridgehead atoms. The van der Waals surface area contributed by atoms with Crippen LogP contribution in [0.15, 0.2) is 28.9 Å². The molecule has 0 aliphatic carbocycles. The van der Waals surface area contributed by atoms with Gasteiger partial charge in [0.05, 0.1) is 5.39 Å². The minimum atomic E-state index is -0.212. The van der Waals surface area contributed by atoms with Crippen LogP contribution in [0.5, 0.6) is 0 Å². The molecule has 1 aromatic carbocycles. The van der Waals surface area contributed by atoms with E-state index < -0.39 is 0 Å². The van der Waals surface area contributed by atoms with Crippen LogP contribution in [0.2, 0.25) is 0 Å². The standard InChI is InChI=1S/C10H9FO/c1-2-10-7-4-3-5-9(11)8(7)6-12-10/h3-6H,2H2,1H3. The maximum atomic E-state index is 13.1. The molecule has 0 N–H and O–H groups in total. The van der Waals surface area contributed by atoms with Crippen molar-refractivity contribution >= 4 is 10.8 Å². The summed E-state index contributed by atoms with van der Waals surface area (Å²) >= 11 is 0. The number of hydrogen-bond donors (Lipinski definition) is 0. The van der Waals surface area contributed by atoms with Gasteiger partial charge in [0, 0.05) is 11.8 Å². The Hall–Kier alpha value is -1.31. The van der Waals surface area contributed by atoms with Gasteiger partial charge in [0.25, 0.3) is 0 Å². The third-order valence-electron chi connectivity index (χ3n) is 1.99. The third-order valence-corrected chi connectivity index (χ3v) is 1.99. The Morgan fingerprint density at radius 1 is 1.33 bits per heavy atom. The number of halogens is 1. The number of hydrogen-bond acceptors (Lipinski definition) is 1. The van der Waals surface area contributed by atoms with Crippen LogP contribution in [0.4, 0.5) is 4.39 Å². The number of fused-ring (bicyclic) bond motifs is 1. The highest BCUT2D eigenvalue weighted by atomic mass is 19.1. The molecule has 2 aromatic rings. The van der Waals surface area contributed by atoms with Crippen LogP contribution < -0.4 is 0 Å². The fourth-order valence-corrected chi connectivity index (χ4v) is 1.37. The average molecular weight is 164 g/mol. The molecule has 1 heterocycles. The highest BCUT2D eigenvalue weighted by Crippen LogP contribution is 2.23. The molecular weight excluding hydrogens is 155 g/mol. The topological polar surface area (TPSA) is 13.1 Å². The molecule has 0 unspecified atom stereocenters. The fourth-order valence-electron chi connectivity index (χ4n) is 1.37. The number of rotatable bonds is 1. The molecule has 0 saturated carbocycles. The van der Waals surface area contributed by atoms with E-state index in [4.69, 9.17) is 4.42 Å². The van der Waals surface area contributed by atoms with Gasteiger partial charge in [0.2, 0.25) is 0 Å². The lowest BCUT2D eigenvalue weighted by Gasteiger charge is -1.91. The first-order chi connectivity index (χ1) is 5.83. The first-order valence-electron chi connectivity index (χ1n) is 3.97. The van der Waals surface area contributed by atoms with Crippen LogP contribution >= 0.6 is 0 Å². The molecule has 1 aromatic heterocycles. The molecule has 1 nitrogen and oxygen atoms in total. The van der Waals surface area contributed by atoms with Crippen LogP contribution in [-0.4, -0.2) is 0 Å². The van der Waals surface area contributed by atoms with Gasteiger partial charge in [0.1, 0.15) is 17.8 Å². The van der Waals surface area contributed by atoms with Crippen molar-refractivity contribution in [1.82, 2.24) is 0 Å². The second-order valence-electron chi connectivity index (χ2n) is 2.71. The highest BCUT2D eigenvalue weighted by Gasteiger charge is 2.06. The maximum Gasteiger partial charge on any atom is 0.134 e. The average Bonchev–Trinajstić information content (AvgIpc) is 2.49. The Kier molecular flexibility index (Phi) is 1.61. The van der Waals surface area contributed by atoms with Gasteiger partial charge in [-0.05, 0) is 6.07 Å². The van der Waals surface area contributed by atoms with Gasteiger partial charge in [-0.2, -0.15) is 0 Å². The van der Waals surface area contributed by atoms with E-state index in [1.165, 1.54) is 12.3 Å². The first kappa shape index (κ1) is 7.35. The van der Waals surface area contributed by atoms with Crippen molar-refractivity contribution in [3.8, 4) is 0 Å². The molecule has 12 heavy (non-hydrogen) atoms. The summed E-state index contributed by atoms with van der Waals surface area (Å²) in [5.74, 6) is 0.639. The Bertz CT molecular complexity index is 403. The van der Waals surface area contributed by atoms with E-state index in [9.17, 15) is 4.39 Å². The quantitative estimate of drug-likeness (QED) is 0.631. The van der Waals surface area contributed by atoms with E-state index in [2.05, 4.69) is 0 Å². The molecule has 62 valence electrons. The van der Waals surface area contributed by atoms with Crippen molar-refractivity contribution in [3.05, 3.63) is 36.0 Å². The van der Waals surface area contributed by atoms with Crippen LogP contribution in [-0.2, 0) is 6.42 Å². The number of aryl methyl sites for hydroxylation is 1. The SMILES string of the molecule is CCc1occ2c(F)cccc12. The van der Waals surface area contributed by atoms with Crippen LogP contribution in [0.25, 0.3) is 10.8 Å². The molecule has 0 atom stereocenters. The minimum Gasteiger partial charge on any atom is -0.468 e. The lowest BCUT2D eigenvalue weighted by molar-refractivity contribution is 0.520. The highest BCUT2D eigenvalue weighted by molar-refractivity contribution is 5.84. The summed E-state index contributed by atoms with van der Waals surface area (Å²) in [4.78, 5) is 0.